The highest BCUT2D eigenvalue weighted by atomic mass is 79.9. The van der Waals surface area contributed by atoms with Gasteiger partial charge >= 0.3 is 0 Å². The Balaban J connectivity index is 0.00000180. The van der Waals surface area contributed by atoms with Gasteiger partial charge in [-0.2, -0.15) is 0 Å². The van der Waals surface area contributed by atoms with Gasteiger partial charge in [0.05, 0.1) is 5.56 Å². The van der Waals surface area contributed by atoms with Gasteiger partial charge in [0.2, 0.25) is 0 Å². The van der Waals surface area contributed by atoms with Gasteiger partial charge in [-0.05, 0) is 48.0 Å². The van der Waals surface area contributed by atoms with Gasteiger partial charge < -0.3 is 10.2 Å². The number of carbonyl (C=O) groups excluding carboxylic acids is 1. The van der Waals surface area contributed by atoms with Crippen LogP contribution in [0.25, 0.3) is 0 Å². The van der Waals surface area contributed by atoms with Crippen molar-refractivity contribution in [1.29, 1.82) is 0 Å². The van der Waals surface area contributed by atoms with E-state index in [0.717, 1.165) is 0 Å². The number of hydrogen-bond donors (Lipinski definition) is 1. The van der Waals surface area contributed by atoms with E-state index in [2.05, 4.69) is 21.2 Å². The molecule has 1 N–H and O–H groups in total. The molecule has 0 saturated carbocycles. The lowest BCUT2D eigenvalue weighted by Crippen LogP contribution is -2.55. The summed E-state index contributed by atoms with van der Waals surface area (Å²) < 4.78 is 13.9. The fourth-order valence-electron chi connectivity index (χ4n) is 2.32. The number of piperazine rings is 1. The molecule has 0 aliphatic carbocycles. The van der Waals surface area contributed by atoms with E-state index in [1.54, 1.807) is 11.0 Å². The highest BCUT2D eigenvalue weighted by Gasteiger charge is 2.26. The molecule has 6 heteroatoms. The van der Waals surface area contributed by atoms with Crippen molar-refractivity contribution in [1.82, 2.24) is 10.2 Å². The van der Waals surface area contributed by atoms with Crippen LogP contribution in [0.1, 0.15) is 24.2 Å². The van der Waals surface area contributed by atoms with Crippen molar-refractivity contribution >= 4 is 34.2 Å². The Kier molecular flexibility index (Phi) is 5.77. The van der Waals surface area contributed by atoms with E-state index in [9.17, 15) is 9.18 Å². The molecule has 2 unspecified atom stereocenters. The summed E-state index contributed by atoms with van der Waals surface area (Å²) in [4.78, 5) is 14.1. The minimum absolute atomic E-state index is 0. The first kappa shape index (κ1) is 16.4. The van der Waals surface area contributed by atoms with E-state index in [1.807, 2.05) is 13.8 Å². The summed E-state index contributed by atoms with van der Waals surface area (Å²) in [6.45, 7) is 5.37. The van der Waals surface area contributed by atoms with Gasteiger partial charge in [-0.1, -0.05) is 0 Å². The molecule has 1 aromatic rings. The molecular weight excluding hydrogens is 335 g/mol. The van der Waals surface area contributed by atoms with Crippen molar-refractivity contribution in [3.8, 4) is 0 Å². The predicted octanol–water partition coefficient (Wildman–Crippen LogP) is 2.83. The predicted molar refractivity (Wildman–Crippen MR) is 79.3 cm³/mol. The fraction of sp³-hybridized carbons (Fsp3) is 0.462. The summed E-state index contributed by atoms with van der Waals surface area (Å²) in [6.07, 6.45) is 0. The van der Waals surface area contributed by atoms with Crippen LogP contribution in [0, 0.1) is 5.82 Å². The zero-order valence-electron chi connectivity index (χ0n) is 10.8. The average molecular weight is 352 g/mol. The van der Waals surface area contributed by atoms with Gasteiger partial charge in [-0.25, -0.2) is 4.39 Å². The molecule has 1 aliphatic heterocycles. The molecule has 0 radical (unpaired) electrons. The first-order valence-corrected chi connectivity index (χ1v) is 6.77. The minimum Gasteiger partial charge on any atom is -0.336 e. The van der Waals surface area contributed by atoms with E-state index < -0.39 is 5.82 Å². The van der Waals surface area contributed by atoms with E-state index in [-0.39, 0.29) is 30.4 Å². The third kappa shape index (κ3) is 3.91. The Bertz CT molecular complexity index is 462. The summed E-state index contributed by atoms with van der Waals surface area (Å²) in [5.74, 6) is -0.514. The number of rotatable bonds is 1. The van der Waals surface area contributed by atoms with E-state index in [4.69, 9.17) is 0 Å². The molecule has 2 atom stereocenters. The van der Waals surface area contributed by atoms with Crippen LogP contribution in [-0.2, 0) is 0 Å². The van der Waals surface area contributed by atoms with Crippen molar-refractivity contribution in [2.24, 2.45) is 0 Å². The summed E-state index contributed by atoms with van der Waals surface area (Å²) in [6, 6.07) is 4.70. The number of amides is 1. The summed E-state index contributed by atoms with van der Waals surface area (Å²) >= 11 is 3.30. The third-order valence-corrected chi connectivity index (χ3v) is 3.70. The van der Waals surface area contributed by atoms with Crippen molar-refractivity contribution in [2.45, 2.75) is 25.9 Å². The van der Waals surface area contributed by atoms with Crippen LogP contribution in [0.4, 0.5) is 4.39 Å². The second-order valence-electron chi connectivity index (χ2n) is 4.80. The highest BCUT2D eigenvalue weighted by Crippen LogP contribution is 2.20. The van der Waals surface area contributed by atoms with Crippen LogP contribution < -0.4 is 5.32 Å². The second kappa shape index (κ2) is 6.68. The molecule has 1 heterocycles. The van der Waals surface area contributed by atoms with Gasteiger partial charge in [0.25, 0.3) is 5.91 Å². The fourth-order valence-corrected chi connectivity index (χ4v) is 2.74. The Labute approximate surface area is 127 Å². The Morgan fingerprint density at radius 2 is 1.95 bits per heavy atom. The van der Waals surface area contributed by atoms with Crippen LogP contribution in [0.5, 0.6) is 0 Å². The molecule has 0 aromatic heterocycles. The van der Waals surface area contributed by atoms with Crippen LogP contribution >= 0.6 is 28.3 Å². The zero-order chi connectivity index (χ0) is 13.3. The molecule has 0 spiro atoms. The van der Waals surface area contributed by atoms with Gasteiger partial charge in [-0.15, -0.1) is 12.4 Å². The van der Waals surface area contributed by atoms with Gasteiger partial charge in [0.1, 0.15) is 5.82 Å². The first-order valence-electron chi connectivity index (χ1n) is 5.97. The summed E-state index contributed by atoms with van der Waals surface area (Å²) in [5, 5.41) is 3.36. The second-order valence-corrected chi connectivity index (χ2v) is 5.66. The normalized spacial score (nSPS) is 22.8. The van der Waals surface area contributed by atoms with E-state index in [1.165, 1.54) is 12.1 Å². The lowest BCUT2D eigenvalue weighted by Gasteiger charge is -2.36. The van der Waals surface area contributed by atoms with Crippen molar-refractivity contribution < 1.29 is 9.18 Å². The van der Waals surface area contributed by atoms with E-state index >= 15 is 0 Å². The number of nitrogens with one attached hydrogen (secondary N) is 1. The van der Waals surface area contributed by atoms with Crippen LogP contribution in [0.2, 0.25) is 0 Å². The quantitative estimate of drug-likeness (QED) is 0.844. The molecule has 19 heavy (non-hydrogen) atoms. The molecule has 106 valence electrons. The van der Waals surface area contributed by atoms with Crippen molar-refractivity contribution in [3.05, 3.63) is 34.1 Å². The maximum Gasteiger partial charge on any atom is 0.255 e. The topological polar surface area (TPSA) is 32.3 Å². The molecule has 1 aromatic carbocycles. The first-order chi connectivity index (χ1) is 8.47. The van der Waals surface area contributed by atoms with Crippen LogP contribution in [0.15, 0.2) is 22.7 Å². The molecule has 0 bridgehead atoms. The van der Waals surface area contributed by atoms with Gasteiger partial charge in [-0.3, -0.25) is 4.79 Å². The highest BCUT2D eigenvalue weighted by molar-refractivity contribution is 9.10. The smallest absolute Gasteiger partial charge is 0.255 e. The average Bonchev–Trinajstić information content (AvgIpc) is 2.30. The minimum atomic E-state index is -0.391. The molecule has 2 rings (SSSR count). The maximum absolute atomic E-state index is 13.2. The Morgan fingerprint density at radius 1 is 1.37 bits per heavy atom. The number of halogens is 3. The summed E-state index contributed by atoms with van der Waals surface area (Å²) in [5.41, 5.74) is 0.385. The lowest BCUT2D eigenvalue weighted by molar-refractivity contribution is 0.0672. The molecule has 1 fully saturated rings. The van der Waals surface area contributed by atoms with Crippen LogP contribution in [-0.4, -0.2) is 36.0 Å². The number of nitrogens with zero attached hydrogens (tertiary/aromatic N) is 1. The lowest BCUT2D eigenvalue weighted by atomic mass is 10.1. The van der Waals surface area contributed by atoms with Gasteiger partial charge in [0.15, 0.2) is 0 Å². The molecule has 1 aliphatic rings. The van der Waals surface area contributed by atoms with Gasteiger partial charge in [0, 0.05) is 29.6 Å². The molecule has 1 saturated heterocycles. The Hall–Kier alpha value is -0.650. The van der Waals surface area contributed by atoms with E-state index in [0.29, 0.717) is 23.1 Å². The third-order valence-electron chi connectivity index (χ3n) is 3.00. The summed E-state index contributed by atoms with van der Waals surface area (Å²) in [7, 11) is 0. The standard InChI is InChI=1S/C13H16BrFN2O.ClH/c1-8-6-17(7-9(2)16-8)13(18)11-5-10(15)3-4-12(11)14;/h3-5,8-9,16H,6-7H2,1-2H3;1H. The maximum atomic E-state index is 13.2. The number of carbonyl (C=O) groups is 1. The van der Waals surface area contributed by atoms with Crippen LogP contribution in [0.3, 0.4) is 0 Å². The molecule has 1 amide bonds. The largest absolute Gasteiger partial charge is 0.336 e. The van der Waals surface area contributed by atoms with Crippen molar-refractivity contribution in [2.75, 3.05) is 13.1 Å². The SMILES string of the molecule is CC1CN(C(=O)c2cc(F)ccc2Br)CC(C)N1.Cl. The molecular formula is C13H17BrClFN2O. The monoisotopic (exact) mass is 350 g/mol. The Morgan fingerprint density at radius 3 is 2.53 bits per heavy atom. The number of benzene rings is 1. The molecule has 3 nitrogen and oxygen atoms in total. The number of hydrogen-bond acceptors (Lipinski definition) is 2. The zero-order valence-corrected chi connectivity index (χ0v) is 13.2. The van der Waals surface area contributed by atoms with Crippen molar-refractivity contribution in [3.63, 3.8) is 0 Å².